The number of nitrogens with zero attached hydrogens (tertiary/aromatic N) is 3. The molecule has 0 unspecified atom stereocenters. The molecule has 7 nitrogen and oxygen atoms in total. The molecule has 0 aliphatic carbocycles. The summed E-state index contributed by atoms with van der Waals surface area (Å²) < 4.78 is 0. The average molecular weight is 270 g/mol. The van der Waals surface area contributed by atoms with Crippen molar-refractivity contribution in [3.8, 4) is 11.3 Å². The molecule has 0 saturated heterocycles. The summed E-state index contributed by atoms with van der Waals surface area (Å²) in [5.41, 5.74) is 2.22. The molecule has 0 aliphatic rings. The first-order chi connectivity index (χ1) is 9.70. The number of nitrogens with one attached hydrogen (secondary N) is 1. The van der Waals surface area contributed by atoms with Gasteiger partial charge < -0.3 is 5.11 Å². The molecule has 7 heteroatoms. The second kappa shape index (κ2) is 4.71. The third-order valence-electron chi connectivity index (χ3n) is 3.08. The molecule has 100 valence electrons. The SMILES string of the molecule is O=[N+]([O-])c1cc2[nH]nc(-c3ccncc3)c2cc1CO. The molecule has 2 N–H and O–H groups in total. The van der Waals surface area contributed by atoms with Gasteiger partial charge in [0.25, 0.3) is 5.69 Å². The smallest absolute Gasteiger partial charge is 0.277 e. The Morgan fingerprint density at radius 3 is 2.70 bits per heavy atom. The van der Waals surface area contributed by atoms with Crippen LogP contribution in [-0.2, 0) is 6.61 Å². The Bertz CT molecular complexity index is 783. The lowest BCUT2D eigenvalue weighted by Gasteiger charge is -2.01. The normalized spacial score (nSPS) is 10.8. The first-order valence-electron chi connectivity index (χ1n) is 5.87. The maximum atomic E-state index is 11.0. The Morgan fingerprint density at radius 1 is 1.30 bits per heavy atom. The Hall–Kier alpha value is -2.80. The Balaban J connectivity index is 2.25. The summed E-state index contributed by atoms with van der Waals surface area (Å²) in [4.78, 5) is 14.4. The fourth-order valence-corrected chi connectivity index (χ4v) is 2.12. The summed E-state index contributed by atoms with van der Waals surface area (Å²) in [6, 6.07) is 6.58. The van der Waals surface area contributed by atoms with Gasteiger partial charge in [-0.1, -0.05) is 0 Å². The predicted molar refractivity (Wildman–Crippen MR) is 71.9 cm³/mol. The lowest BCUT2D eigenvalue weighted by molar-refractivity contribution is -0.385. The number of aliphatic hydroxyl groups excluding tert-OH is 1. The summed E-state index contributed by atoms with van der Waals surface area (Å²) in [6.45, 7) is -0.396. The highest BCUT2D eigenvalue weighted by Gasteiger charge is 2.18. The van der Waals surface area contributed by atoms with Crippen LogP contribution in [0.1, 0.15) is 5.56 Å². The number of aromatic nitrogens is 3. The molecule has 3 aromatic rings. The minimum Gasteiger partial charge on any atom is -0.391 e. The zero-order valence-electron chi connectivity index (χ0n) is 10.3. The van der Waals surface area contributed by atoms with E-state index in [1.165, 1.54) is 6.07 Å². The first kappa shape index (κ1) is 12.2. The van der Waals surface area contributed by atoms with Crippen LogP contribution in [0.4, 0.5) is 5.69 Å². The van der Waals surface area contributed by atoms with Crippen molar-refractivity contribution < 1.29 is 10.0 Å². The van der Waals surface area contributed by atoms with Gasteiger partial charge in [-0.15, -0.1) is 0 Å². The van der Waals surface area contributed by atoms with E-state index in [1.54, 1.807) is 30.6 Å². The molecule has 3 rings (SSSR count). The van der Waals surface area contributed by atoms with Crippen molar-refractivity contribution in [2.24, 2.45) is 0 Å². The van der Waals surface area contributed by atoms with Crippen molar-refractivity contribution in [3.05, 3.63) is 52.3 Å². The number of hydrogen-bond acceptors (Lipinski definition) is 5. The number of fused-ring (bicyclic) bond motifs is 1. The van der Waals surface area contributed by atoms with Gasteiger partial charge in [0, 0.05) is 29.4 Å². The number of rotatable bonds is 3. The highest BCUT2D eigenvalue weighted by atomic mass is 16.6. The lowest BCUT2D eigenvalue weighted by atomic mass is 10.1. The first-order valence-corrected chi connectivity index (χ1v) is 5.87. The van der Waals surface area contributed by atoms with E-state index in [9.17, 15) is 15.2 Å². The number of aromatic amines is 1. The minimum absolute atomic E-state index is 0.120. The topological polar surface area (TPSA) is 105 Å². The zero-order valence-corrected chi connectivity index (χ0v) is 10.3. The molecule has 20 heavy (non-hydrogen) atoms. The van der Waals surface area contributed by atoms with E-state index < -0.39 is 11.5 Å². The molecule has 0 saturated carbocycles. The number of H-pyrrole nitrogens is 1. The monoisotopic (exact) mass is 270 g/mol. The Morgan fingerprint density at radius 2 is 2.05 bits per heavy atom. The van der Waals surface area contributed by atoms with Crippen molar-refractivity contribution in [1.29, 1.82) is 0 Å². The third-order valence-corrected chi connectivity index (χ3v) is 3.08. The van der Waals surface area contributed by atoms with Crippen LogP contribution in [-0.4, -0.2) is 25.2 Å². The molecule has 2 heterocycles. The van der Waals surface area contributed by atoms with Gasteiger partial charge in [-0.3, -0.25) is 20.2 Å². The zero-order chi connectivity index (χ0) is 14.1. The van der Waals surface area contributed by atoms with Crippen LogP contribution >= 0.6 is 0 Å². The summed E-state index contributed by atoms with van der Waals surface area (Å²) in [5, 5.41) is 27.9. The molecule has 2 aromatic heterocycles. The van der Waals surface area contributed by atoms with Crippen LogP contribution in [0.25, 0.3) is 22.2 Å². The highest BCUT2D eigenvalue weighted by molar-refractivity contribution is 5.94. The number of benzene rings is 1. The number of aliphatic hydroxyl groups is 1. The molecule has 0 aliphatic heterocycles. The summed E-state index contributed by atoms with van der Waals surface area (Å²) in [6.07, 6.45) is 3.29. The molecule has 0 radical (unpaired) electrons. The van der Waals surface area contributed by atoms with E-state index in [4.69, 9.17) is 0 Å². The summed E-state index contributed by atoms with van der Waals surface area (Å²) in [5.74, 6) is 0. The van der Waals surface area contributed by atoms with E-state index in [0.29, 0.717) is 11.2 Å². The van der Waals surface area contributed by atoms with E-state index in [2.05, 4.69) is 15.2 Å². The molecular formula is C13H10N4O3. The molecule has 0 fully saturated rings. The molecule has 0 atom stereocenters. The summed E-state index contributed by atoms with van der Waals surface area (Å²) in [7, 11) is 0. The fourth-order valence-electron chi connectivity index (χ4n) is 2.12. The molecule has 0 bridgehead atoms. The van der Waals surface area contributed by atoms with Gasteiger partial charge in [0.1, 0.15) is 5.69 Å². The highest BCUT2D eigenvalue weighted by Crippen LogP contribution is 2.31. The maximum Gasteiger partial charge on any atom is 0.277 e. The van der Waals surface area contributed by atoms with Crippen LogP contribution in [0.3, 0.4) is 0 Å². The predicted octanol–water partition coefficient (Wildman–Crippen LogP) is 2.03. The van der Waals surface area contributed by atoms with Crippen molar-refractivity contribution in [2.45, 2.75) is 6.61 Å². The lowest BCUT2D eigenvalue weighted by Crippen LogP contribution is -1.95. The third kappa shape index (κ3) is 1.90. The molecule has 0 spiro atoms. The van der Waals surface area contributed by atoms with Crippen LogP contribution in [0.2, 0.25) is 0 Å². The van der Waals surface area contributed by atoms with E-state index in [1.807, 2.05) is 0 Å². The second-order valence-electron chi connectivity index (χ2n) is 4.25. The number of pyridine rings is 1. The van der Waals surface area contributed by atoms with Crippen molar-refractivity contribution >= 4 is 16.6 Å². The van der Waals surface area contributed by atoms with Crippen LogP contribution in [0.15, 0.2) is 36.7 Å². The van der Waals surface area contributed by atoms with Gasteiger partial charge in [0.15, 0.2) is 0 Å². The average Bonchev–Trinajstić information content (AvgIpc) is 2.89. The van der Waals surface area contributed by atoms with Gasteiger partial charge in [0.05, 0.1) is 22.6 Å². The van der Waals surface area contributed by atoms with Gasteiger partial charge >= 0.3 is 0 Å². The van der Waals surface area contributed by atoms with Crippen molar-refractivity contribution in [1.82, 2.24) is 15.2 Å². The van der Waals surface area contributed by atoms with Gasteiger partial charge in [-0.2, -0.15) is 5.10 Å². The minimum atomic E-state index is -0.516. The van der Waals surface area contributed by atoms with Crippen molar-refractivity contribution in [3.63, 3.8) is 0 Å². The van der Waals surface area contributed by atoms with Crippen LogP contribution in [0.5, 0.6) is 0 Å². The van der Waals surface area contributed by atoms with Gasteiger partial charge in [-0.25, -0.2) is 0 Å². The molecule has 1 aromatic carbocycles. The Kier molecular flexibility index (Phi) is 2.88. The molecule has 0 amide bonds. The van der Waals surface area contributed by atoms with Gasteiger partial charge in [0.2, 0.25) is 0 Å². The molecular weight excluding hydrogens is 260 g/mol. The maximum absolute atomic E-state index is 11.0. The van der Waals surface area contributed by atoms with Crippen LogP contribution in [0, 0.1) is 10.1 Å². The Labute approximate surface area is 113 Å². The van der Waals surface area contributed by atoms with Gasteiger partial charge in [-0.05, 0) is 18.2 Å². The fraction of sp³-hybridized carbons (Fsp3) is 0.0769. The van der Waals surface area contributed by atoms with Crippen molar-refractivity contribution in [2.75, 3.05) is 0 Å². The van der Waals surface area contributed by atoms with E-state index in [0.717, 1.165) is 10.9 Å². The standard InChI is InChI=1S/C13H10N4O3/c18-7-9-5-10-11(6-12(9)17(19)20)15-16-13(10)8-1-3-14-4-2-8/h1-6,18H,7H2,(H,15,16). The van der Waals surface area contributed by atoms with E-state index in [-0.39, 0.29) is 11.3 Å². The number of nitro groups is 1. The quantitative estimate of drug-likeness (QED) is 0.559. The van der Waals surface area contributed by atoms with Crippen LogP contribution < -0.4 is 0 Å². The second-order valence-corrected chi connectivity index (χ2v) is 4.25. The largest absolute Gasteiger partial charge is 0.391 e. The number of nitro benzene ring substituents is 1. The number of hydrogen-bond donors (Lipinski definition) is 2. The summed E-state index contributed by atoms with van der Waals surface area (Å²) >= 11 is 0. The van der Waals surface area contributed by atoms with E-state index >= 15 is 0 Å².